The SMILES string of the molecule is CCOc1ccccc1C(=O)N1CCc2nc3ccccn3c(=O)c2C1. The molecule has 0 aliphatic carbocycles. The highest BCUT2D eigenvalue weighted by Gasteiger charge is 2.27. The summed E-state index contributed by atoms with van der Waals surface area (Å²) in [6, 6.07) is 12.7. The zero-order valence-electron chi connectivity index (χ0n) is 14.5. The first-order chi connectivity index (χ1) is 12.7. The standard InChI is InChI=1S/C20H19N3O3/c1-2-26-17-8-4-3-7-14(17)19(24)22-12-10-16-15(13-22)20(25)23-11-6-5-9-18(23)21-16/h3-9,11H,2,10,12-13H2,1H3. The van der Waals surface area contributed by atoms with Crippen molar-refractivity contribution in [1.29, 1.82) is 0 Å². The van der Waals surface area contributed by atoms with E-state index in [0.717, 1.165) is 5.69 Å². The van der Waals surface area contributed by atoms with E-state index in [1.165, 1.54) is 4.40 Å². The van der Waals surface area contributed by atoms with Crippen LogP contribution in [0.3, 0.4) is 0 Å². The second-order valence-corrected chi connectivity index (χ2v) is 6.18. The Bertz CT molecular complexity index is 1040. The van der Waals surface area contributed by atoms with Crippen LogP contribution in [0.25, 0.3) is 5.65 Å². The van der Waals surface area contributed by atoms with Crippen LogP contribution in [0.1, 0.15) is 28.5 Å². The van der Waals surface area contributed by atoms with Gasteiger partial charge in [0, 0.05) is 19.2 Å². The summed E-state index contributed by atoms with van der Waals surface area (Å²) in [6.45, 7) is 3.17. The van der Waals surface area contributed by atoms with E-state index in [0.29, 0.717) is 42.1 Å². The van der Waals surface area contributed by atoms with Gasteiger partial charge in [-0.2, -0.15) is 0 Å². The maximum Gasteiger partial charge on any atom is 0.263 e. The number of rotatable bonds is 3. The Balaban J connectivity index is 1.70. The second kappa shape index (κ2) is 6.63. The van der Waals surface area contributed by atoms with Crippen molar-refractivity contribution in [3.63, 3.8) is 0 Å². The Morgan fingerprint density at radius 2 is 2.00 bits per heavy atom. The summed E-state index contributed by atoms with van der Waals surface area (Å²) in [5, 5.41) is 0. The van der Waals surface area contributed by atoms with Crippen LogP contribution >= 0.6 is 0 Å². The number of para-hydroxylation sites is 1. The van der Waals surface area contributed by atoms with Gasteiger partial charge in [-0.3, -0.25) is 14.0 Å². The topological polar surface area (TPSA) is 63.9 Å². The van der Waals surface area contributed by atoms with Crippen LogP contribution in [0.5, 0.6) is 5.75 Å². The molecule has 6 nitrogen and oxygen atoms in total. The minimum atomic E-state index is -0.128. The first kappa shape index (κ1) is 16.3. The highest BCUT2D eigenvalue weighted by atomic mass is 16.5. The highest BCUT2D eigenvalue weighted by Crippen LogP contribution is 2.23. The number of nitrogens with zero attached hydrogens (tertiary/aromatic N) is 3. The molecule has 0 bridgehead atoms. The summed E-state index contributed by atoms with van der Waals surface area (Å²) in [5.74, 6) is 0.441. The highest BCUT2D eigenvalue weighted by molar-refractivity contribution is 5.97. The van der Waals surface area contributed by atoms with Crippen molar-refractivity contribution in [2.24, 2.45) is 0 Å². The quantitative estimate of drug-likeness (QED) is 0.728. The molecule has 0 radical (unpaired) electrons. The molecule has 4 rings (SSSR count). The summed E-state index contributed by atoms with van der Waals surface area (Å²) in [5.41, 5.74) is 2.41. The number of ether oxygens (including phenoxy) is 1. The Kier molecular flexibility index (Phi) is 4.16. The summed E-state index contributed by atoms with van der Waals surface area (Å²) in [4.78, 5) is 32.1. The fraction of sp³-hybridized carbons (Fsp3) is 0.250. The number of pyridine rings is 1. The van der Waals surface area contributed by atoms with Crippen molar-refractivity contribution in [2.45, 2.75) is 19.9 Å². The Labute approximate surface area is 150 Å². The lowest BCUT2D eigenvalue weighted by molar-refractivity contribution is 0.0728. The van der Waals surface area contributed by atoms with E-state index in [9.17, 15) is 9.59 Å². The van der Waals surface area contributed by atoms with E-state index in [-0.39, 0.29) is 18.0 Å². The van der Waals surface area contributed by atoms with Gasteiger partial charge in [-0.1, -0.05) is 18.2 Å². The molecule has 1 aliphatic rings. The van der Waals surface area contributed by atoms with Gasteiger partial charge in [-0.15, -0.1) is 0 Å². The number of aromatic nitrogens is 2. The largest absolute Gasteiger partial charge is 0.493 e. The molecule has 0 saturated carbocycles. The fourth-order valence-electron chi connectivity index (χ4n) is 3.32. The molecule has 0 unspecified atom stereocenters. The molecule has 2 aromatic heterocycles. The van der Waals surface area contributed by atoms with E-state index < -0.39 is 0 Å². The van der Waals surface area contributed by atoms with Gasteiger partial charge >= 0.3 is 0 Å². The summed E-state index contributed by atoms with van der Waals surface area (Å²) in [7, 11) is 0. The lowest BCUT2D eigenvalue weighted by Gasteiger charge is -2.28. The predicted octanol–water partition coefficient (Wildman–Crippen LogP) is 2.29. The second-order valence-electron chi connectivity index (χ2n) is 6.18. The van der Waals surface area contributed by atoms with E-state index in [1.807, 2.05) is 31.2 Å². The van der Waals surface area contributed by atoms with Crippen molar-refractivity contribution in [2.75, 3.05) is 13.2 Å². The van der Waals surface area contributed by atoms with E-state index in [2.05, 4.69) is 4.98 Å². The van der Waals surface area contributed by atoms with Crippen LogP contribution in [0.2, 0.25) is 0 Å². The van der Waals surface area contributed by atoms with Crippen LogP contribution in [-0.2, 0) is 13.0 Å². The lowest BCUT2D eigenvalue weighted by Crippen LogP contribution is -2.40. The van der Waals surface area contributed by atoms with Crippen molar-refractivity contribution in [3.05, 3.63) is 75.8 Å². The number of benzene rings is 1. The van der Waals surface area contributed by atoms with E-state index in [4.69, 9.17) is 4.74 Å². The third-order valence-corrected chi connectivity index (χ3v) is 4.59. The molecule has 1 aliphatic heterocycles. The molecule has 1 aromatic carbocycles. The molecule has 0 N–H and O–H groups in total. The molecular weight excluding hydrogens is 330 g/mol. The fourth-order valence-corrected chi connectivity index (χ4v) is 3.32. The average Bonchev–Trinajstić information content (AvgIpc) is 2.68. The number of fused-ring (bicyclic) bond motifs is 2. The third-order valence-electron chi connectivity index (χ3n) is 4.59. The smallest absolute Gasteiger partial charge is 0.263 e. The minimum absolute atomic E-state index is 0.110. The number of carbonyl (C=O) groups is 1. The summed E-state index contributed by atoms with van der Waals surface area (Å²) in [6.07, 6.45) is 2.27. The van der Waals surface area contributed by atoms with Crippen LogP contribution in [0, 0.1) is 0 Å². The van der Waals surface area contributed by atoms with E-state index in [1.54, 1.807) is 29.3 Å². The number of hydrogen-bond donors (Lipinski definition) is 0. The van der Waals surface area contributed by atoms with Crippen LogP contribution in [-0.4, -0.2) is 33.3 Å². The van der Waals surface area contributed by atoms with Crippen LogP contribution in [0.15, 0.2) is 53.5 Å². The molecule has 0 spiro atoms. The molecule has 1 amide bonds. The van der Waals surface area contributed by atoms with Gasteiger partial charge < -0.3 is 9.64 Å². The van der Waals surface area contributed by atoms with Gasteiger partial charge in [0.05, 0.1) is 30.0 Å². The number of hydrogen-bond acceptors (Lipinski definition) is 4. The zero-order chi connectivity index (χ0) is 18.1. The monoisotopic (exact) mass is 349 g/mol. The summed E-state index contributed by atoms with van der Waals surface area (Å²) >= 11 is 0. The third kappa shape index (κ3) is 2.73. The first-order valence-electron chi connectivity index (χ1n) is 8.69. The van der Waals surface area contributed by atoms with Crippen molar-refractivity contribution >= 4 is 11.6 Å². The lowest BCUT2D eigenvalue weighted by atomic mass is 10.0. The molecule has 0 saturated heterocycles. The molecule has 0 atom stereocenters. The van der Waals surface area contributed by atoms with Crippen LogP contribution in [0.4, 0.5) is 0 Å². The molecule has 0 fully saturated rings. The van der Waals surface area contributed by atoms with Gasteiger partial charge in [0.2, 0.25) is 0 Å². The molecule has 3 aromatic rings. The molecule has 132 valence electrons. The normalized spacial score (nSPS) is 13.5. The van der Waals surface area contributed by atoms with Gasteiger partial charge in [-0.05, 0) is 31.2 Å². The van der Waals surface area contributed by atoms with Crippen molar-refractivity contribution in [3.8, 4) is 5.75 Å². The van der Waals surface area contributed by atoms with Crippen molar-refractivity contribution < 1.29 is 9.53 Å². The van der Waals surface area contributed by atoms with Crippen molar-refractivity contribution in [1.82, 2.24) is 14.3 Å². The summed E-state index contributed by atoms with van der Waals surface area (Å²) < 4.78 is 7.10. The van der Waals surface area contributed by atoms with Gasteiger partial charge in [0.25, 0.3) is 11.5 Å². The average molecular weight is 349 g/mol. The van der Waals surface area contributed by atoms with Gasteiger partial charge in [-0.25, -0.2) is 4.98 Å². The molecule has 6 heteroatoms. The molecular formula is C20H19N3O3. The van der Waals surface area contributed by atoms with E-state index >= 15 is 0 Å². The van der Waals surface area contributed by atoms with Gasteiger partial charge in [0.1, 0.15) is 11.4 Å². The maximum atomic E-state index is 13.0. The first-order valence-corrected chi connectivity index (χ1v) is 8.69. The van der Waals surface area contributed by atoms with Gasteiger partial charge in [0.15, 0.2) is 0 Å². The minimum Gasteiger partial charge on any atom is -0.493 e. The number of amides is 1. The van der Waals surface area contributed by atoms with Crippen LogP contribution < -0.4 is 10.3 Å². The maximum absolute atomic E-state index is 13.0. The Hall–Kier alpha value is -3.15. The molecule has 26 heavy (non-hydrogen) atoms. The number of carbonyl (C=O) groups excluding carboxylic acids is 1. The predicted molar refractivity (Wildman–Crippen MR) is 97.5 cm³/mol. The Morgan fingerprint density at radius 3 is 2.85 bits per heavy atom. The molecule has 3 heterocycles. The Morgan fingerprint density at radius 1 is 1.19 bits per heavy atom. The zero-order valence-corrected chi connectivity index (χ0v) is 14.5.